The molecule has 82 valence electrons. The quantitative estimate of drug-likeness (QED) is 0.829. The monoisotopic (exact) mass is 214 g/mol. The molecule has 2 aromatic rings. The van der Waals surface area contributed by atoms with Gasteiger partial charge in [0.1, 0.15) is 0 Å². The molecular weight excluding hydrogens is 200 g/mol. The van der Waals surface area contributed by atoms with Gasteiger partial charge < -0.3 is 5.73 Å². The van der Waals surface area contributed by atoms with E-state index in [1.807, 2.05) is 25.1 Å². The number of aromatic nitrogens is 1. The van der Waals surface area contributed by atoms with Crippen LogP contribution < -0.4 is 5.73 Å². The number of carbonyl (C=O) groups is 1. The van der Waals surface area contributed by atoms with Gasteiger partial charge in [0.15, 0.2) is 0 Å². The highest BCUT2D eigenvalue weighted by molar-refractivity contribution is 5.84. The molecule has 3 heteroatoms. The van der Waals surface area contributed by atoms with Gasteiger partial charge in [-0.3, -0.25) is 9.78 Å². The highest BCUT2D eigenvalue weighted by Gasteiger charge is 2.05. The number of nitrogens with two attached hydrogens (primary N) is 1. The molecule has 16 heavy (non-hydrogen) atoms. The molecule has 0 saturated heterocycles. The Morgan fingerprint density at radius 3 is 2.75 bits per heavy atom. The lowest BCUT2D eigenvalue weighted by atomic mass is 10.1. The third-order valence-electron chi connectivity index (χ3n) is 2.58. The summed E-state index contributed by atoms with van der Waals surface area (Å²) >= 11 is 0. The number of benzene rings is 1. The molecule has 3 nitrogen and oxygen atoms in total. The number of rotatable bonds is 2. The first-order valence-electron chi connectivity index (χ1n) is 5.21. The van der Waals surface area contributed by atoms with E-state index in [4.69, 9.17) is 5.73 Å². The molecule has 0 unspecified atom stereocenters. The lowest BCUT2D eigenvalue weighted by Crippen LogP contribution is -2.14. The second kappa shape index (κ2) is 3.93. The van der Waals surface area contributed by atoms with Crippen molar-refractivity contribution in [1.29, 1.82) is 0 Å². The maximum absolute atomic E-state index is 10.9. The minimum atomic E-state index is -0.349. The van der Waals surface area contributed by atoms with Gasteiger partial charge in [-0.1, -0.05) is 11.6 Å². The summed E-state index contributed by atoms with van der Waals surface area (Å²) in [6.07, 6.45) is 0.199. The van der Waals surface area contributed by atoms with Gasteiger partial charge in [-0.05, 0) is 37.6 Å². The summed E-state index contributed by atoms with van der Waals surface area (Å²) in [7, 11) is 0. The average Bonchev–Trinajstić information content (AvgIpc) is 2.18. The number of aryl methyl sites for hydroxylation is 2. The summed E-state index contributed by atoms with van der Waals surface area (Å²) in [5.41, 5.74) is 9.16. The van der Waals surface area contributed by atoms with Crippen molar-refractivity contribution in [3.63, 3.8) is 0 Å². The first-order valence-corrected chi connectivity index (χ1v) is 5.21. The SMILES string of the molecule is Cc1ccc2nc(CC(N)=O)cc(C)c2c1. The van der Waals surface area contributed by atoms with E-state index in [0.29, 0.717) is 0 Å². The molecule has 1 heterocycles. The normalized spacial score (nSPS) is 10.6. The van der Waals surface area contributed by atoms with Crippen molar-refractivity contribution >= 4 is 16.8 Å². The molecule has 1 aromatic carbocycles. The summed E-state index contributed by atoms with van der Waals surface area (Å²) in [4.78, 5) is 15.3. The number of fused-ring (bicyclic) bond motifs is 1. The Balaban J connectivity index is 2.59. The van der Waals surface area contributed by atoms with E-state index < -0.39 is 0 Å². The largest absolute Gasteiger partial charge is 0.369 e. The minimum absolute atomic E-state index is 0.199. The average molecular weight is 214 g/mol. The number of nitrogens with zero attached hydrogens (tertiary/aromatic N) is 1. The first kappa shape index (κ1) is 10.6. The van der Waals surface area contributed by atoms with Crippen LogP contribution in [-0.4, -0.2) is 10.9 Å². The summed E-state index contributed by atoms with van der Waals surface area (Å²) in [6, 6.07) is 8.02. The maximum atomic E-state index is 10.9. The minimum Gasteiger partial charge on any atom is -0.369 e. The third-order valence-corrected chi connectivity index (χ3v) is 2.58. The number of hydrogen-bond acceptors (Lipinski definition) is 2. The van der Waals surface area contributed by atoms with Crippen LogP contribution >= 0.6 is 0 Å². The molecule has 2 N–H and O–H groups in total. The molecule has 0 spiro atoms. The zero-order valence-electron chi connectivity index (χ0n) is 9.45. The van der Waals surface area contributed by atoms with E-state index >= 15 is 0 Å². The van der Waals surface area contributed by atoms with Crippen molar-refractivity contribution in [2.24, 2.45) is 5.73 Å². The molecule has 0 saturated carbocycles. The van der Waals surface area contributed by atoms with Gasteiger partial charge in [0, 0.05) is 5.39 Å². The van der Waals surface area contributed by atoms with E-state index in [1.54, 1.807) is 0 Å². The summed E-state index contributed by atoms with van der Waals surface area (Å²) in [5.74, 6) is -0.349. The van der Waals surface area contributed by atoms with Gasteiger partial charge in [0.2, 0.25) is 5.91 Å². The van der Waals surface area contributed by atoms with Gasteiger partial charge in [0.05, 0.1) is 17.6 Å². The van der Waals surface area contributed by atoms with Crippen LogP contribution in [-0.2, 0) is 11.2 Å². The Hall–Kier alpha value is -1.90. The number of carbonyl (C=O) groups excluding carboxylic acids is 1. The Morgan fingerprint density at radius 1 is 1.31 bits per heavy atom. The molecule has 1 aromatic heterocycles. The summed E-state index contributed by atoms with van der Waals surface area (Å²) < 4.78 is 0. The van der Waals surface area contributed by atoms with Gasteiger partial charge in [-0.25, -0.2) is 0 Å². The van der Waals surface area contributed by atoms with E-state index in [9.17, 15) is 4.79 Å². The number of amides is 1. The van der Waals surface area contributed by atoms with Gasteiger partial charge in [0.25, 0.3) is 0 Å². The Bertz CT molecular complexity index is 561. The van der Waals surface area contributed by atoms with E-state index in [2.05, 4.69) is 18.0 Å². The maximum Gasteiger partial charge on any atom is 0.223 e. The predicted octanol–water partition coefficient (Wildman–Crippen LogP) is 1.88. The number of primary amides is 1. The standard InChI is InChI=1S/C13H14N2O/c1-8-3-4-12-11(5-8)9(2)6-10(15-12)7-13(14)16/h3-6H,7H2,1-2H3,(H2,14,16). The van der Waals surface area contributed by atoms with Crippen molar-refractivity contribution in [3.8, 4) is 0 Å². The molecule has 0 bridgehead atoms. The zero-order valence-corrected chi connectivity index (χ0v) is 9.45. The molecule has 0 aliphatic carbocycles. The van der Waals surface area contributed by atoms with Crippen LogP contribution in [0, 0.1) is 13.8 Å². The Kier molecular flexibility index (Phi) is 2.60. The Morgan fingerprint density at radius 2 is 2.06 bits per heavy atom. The highest BCUT2D eigenvalue weighted by atomic mass is 16.1. The Labute approximate surface area is 94.3 Å². The van der Waals surface area contributed by atoms with Crippen LogP contribution in [0.15, 0.2) is 24.3 Å². The van der Waals surface area contributed by atoms with Gasteiger partial charge >= 0.3 is 0 Å². The van der Waals surface area contributed by atoms with Crippen molar-refractivity contribution in [2.75, 3.05) is 0 Å². The fraction of sp³-hybridized carbons (Fsp3) is 0.231. The van der Waals surface area contributed by atoms with E-state index in [-0.39, 0.29) is 12.3 Å². The van der Waals surface area contributed by atoms with Crippen LogP contribution in [0.4, 0.5) is 0 Å². The fourth-order valence-electron chi connectivity index (χ4n) is 1.85. The van der Waals surface area contributed by atoms with Crippen molar-refractivity contribution in [1.82, 2.24) is 4.98 Å². The second-order valence-corrected chi connectivity index (χ2v) is 4.09. The smallest absolute Gasteiger partial charge is 0.223 e. The van der Waals surface area contributed by atoms with Crippen LogP contribution in [0.25, 0.3) is 10.9 Å². The molecular formula is C13H14N2O. The van der Waals surface area contributed by atoms with Gasteiger partial charge in [-0.15, -0.1) is 0 Å². The van der Waals surface area contributed by atoms with E-state index in [0.717, 1.165) is 22.2 Å². The number of pyridine rings is 1. The van der Waals surface area contributed by atoms with Crippen molar-refractivity contribution < 1.29 is 4.79 Å². The van der Waals surface area contributed by atoms with Crippen LogP contribution in [0.5, 0.6) is 0 Å². The molecule has 0 radical (unpaired) electrons. The second-order valence-electron chi connectivity index (χ2n) is 4.09. The van der Waals surface area contributed by atoms with Gasteiger partial charge in [-0.2, -0.15) is 0 Å². The summed E-state index contributed by atoms with van der Waals surface area (Å²) in [5, 5.41) is 1.13. The van der Waals surface area contributed by atoms with Crippen LogP contribution in [0.3, 0.4) is 0 Å². The fourth-order valence-corrected chi connectivity index (χ4v) is 1.85. The molecule has 2 rings (SSSR count). The molecule has 1 amide bonds. The predicted molar refractivity (Wildman–Crippen MR) is 64.1 cm³/mol. The zero-order chi connectivity index (χ0) is 11.7. The molecule has 0 aliphatic heterocycles. The highest BCUT2D eigenvalue weighted by Crippen LogP contribution is 2.19. The third kappa shape index (κ3) is 2.03. The molecule has 0 aliphatic rings. The van der Waals surface area contributed by atoms with Crippen molar-refractivity contribution in [2.45, 2.75) is 20.3 Å². The van der Waals surface area contributed by atoms with Crippen LogP contribution in [0.2, 0.25) is 0 Å². The van der Waals surface area contributed by atoms with Crippen molar-refractivity contribution in [3.05, 3.63) is 41.1 Å². The first-order chi connectivity index (χ1) is 7.56. The number of hydrogen-bond donors (Lipinski definition) is 1. The summed E-state index contributed by atoms with van der Waals surface area (Å²) in [6.45, 7) is 4.07. The lowest BCUT2D eigenvalue weighted by Gasteiger charge is -2.06. The molecule has 0 fully saturated rings. The van der Waals surface area contributed by atoms with E-state index in [1.165, 1.54) is 5.56 Å². The van der Waals surface area contributed by atoms with Crippen LogP contribution in [0.1, 0.15) is 16.8 Å². The lowest BCUT2D eigenvalue weighted by molar-refractivity contribution is -0.117. The molecule has 0 atom stereocenters. The topological polar surface area (TPSA) is 56.0 Å².